The molecule has 1 fully saturated rings. The number of aromatic amines is 1. The fourth-order valence-electron chi connectivity index (χ4n) is 4.40. The number of hydrogen-bond acceptors (Lipinski definition) is 6. The van der Waals surface area contributed by atoms with Crippen molar-refractivity contribution in [2.24, 2.45) is 0 Å². The Bertz CT molecular complexity index is 795. The van der Waals surface area contributed by atoms with Gasteiger partial charge in [-0.2, -0.15) is 5.10 Å². The number of rotatable bonds is 6. The number of aryl methyl sites for hydroxylation is 1. The van der Waals surface area contributed by atoms with Crippen LogP contribution in [-0.4, -0.2) is 54.6 Å². The monoisotopic (exact) mass is 404 g/mol. The molecule has 0 atom stereocenters. The van der Waals surface area contributed by atoms with Crippen LogP contribution in [0, 0.1) is 6.92 Å². The topological polar surface area (TPSA) is 86.8 Å². The van der Waals surface area contributed by atoms with Gasteiger partial charge in [0.1, 0.15) is 11.2 Å². The Morgan fingerprint density at radius 1 is 1.29 bits per heavy atom. The summed E-state index contributed by atoms with van der Waals surface area (Å²) in [6.45, 7) is 13.7. The Labute approximate surface area is 171 Å². The predicted molar refractivity (Wildman–Crippen MR) is 112 cm³/mol. The quantitative estimate of drug-likeness (QED) is 0.765. The van der Waals surface area contributed by atoms with Gasteiger partial charge in [0.05, 0.1) is 5.69 Å². The SMILES string of the molecule is CCCCN(C(=O)c1sc(-c2ncn[nH]2)nc1C)C1CC(C)(C)NC(C)(C)C1. The molecule has 0 bridgehead atoms. The highest BCUT2D eigenvalue weighted by Gasteiger charge is 2.41. The molecule has 0 saturated carbocycles. The van der Waals surface area contributed by atoms with Gasteiger partial charge in [0, 0.05) is 23.7 Å². The van der Waals surface area contributed by atoms with Crippen LogP contribution in [0.3, 0.4) is 0 Å². The molecular weight excluding hydrogens is 372 g/mol. The van der Waals surface area contributed by atoms with E-state index < -0.39 is 0 Å². The summed E-state index contributed by atoms with van der Waals surface area (Å²) in [5, 5.41) is 11.2. The van der Waals surface area contributed by atoms with Gasteiger partial charge in [0.25, 0.3) is 5.91 Å². The van der Waals surface area contributed by atoms with Crippen molar-refractivity contribution in [3.8, 4) is 10.8 Å². The molecule has 0 aliphatic carbocycles. The number of nitrogens with one attached hydrogen (secondary N) is 2. The standard InChI is InChI=1S/C20H32N6OS/c1-7-8-9-26(14-10-19(3,4)25-20(5,6)11-14)18(27)15-13(2)23-17(28-15)16-21-12-22-24-16/h12,14,25H,7-11H2,1-6H3,(H,21,22,24). The van der Waals surface area contributed by atoms with Crippen molar-refractivity contribution in [3.05, 3.63) is 16.9 Å². The first-order valence-corrected chi connectivity index (χ1v) is 10.9. The van der Waals surface area contributed by atoms with Crippen LogP contribution in [0.5, 0.6) is 0 Å². The first-order valence-electron chi connectivity index (χ1n) is 10.1. The fourth-order valence-corrected chi connectivity index (χ4v) is 5.37. The van der Waals surface area contributed by atoms with Crippen LogP contribution in [0.15, 0.2) is 6.33 Å². The molecule has 2 aromatic rings. The number of nitrogens with zero attached hydrogens (tertiary/aromatic N) is 4. The molecule has 1 saturated heterocycles. The smallest absolute Gasteiger partial charge is 0.266 e. The van der Waals surface area contributed by atoms with Gasteiger partial charge in [0.15, 0.2) is 10.8 Å². The Balaban J connectivity index is 1.90. The van der Waals surface area contributed by atoms with Crippen LogP contribution in [0.4, 0.5) is 0 Å². The van der Waals surface area contributed by atoms with E-state index in [2.05, 4.69) is 65.0 Å². The summed E-state index contributed by atoms with van der Waals surface area (Å²) in [6.07, 6.45) is 5.41. The average molecular weight is 405 g/mol. The maximum Gasteiger partial charge on any atom is 0.266 e. The number of piperidine rings is 1. The van der Waals surface area contributed by atoms with Crippen molar-refractivity contribution < 1.29 is 4.79 Å². The van der Waals surface area contributed by atoms with E-state index in [4.69, 9.17) is 0 Å². The summed E-state index contributed by atoms with van der Waals surface area (Å²) in [5.41, 5.74) is 0.742. The van der Waals surface area contributed by atoms with E-state index in [1.165, 1.54) is 17.7 Å². The van der Waals surface area contributed by atoms with Gasteiger partial charge in [-0.1, -0.05) is 13.3 Å². The average Bonchev–Trinajstić information content (AvgIpc) is 3.21. The van der Waals surface area contributed by atoms with Gasteiger partial charge < -0.3 is 10.2 Å². The molecule has 0 unspecified atom stereocenters. The molecule has 2 aromatic heterocycles. The predicted octanol–water partition coefficient (Wildman–Crippen LogP) is 3.79. The molecular formula is C20H32N6OS. The first kappa shape index (κ1) is 20.9. The third-order valence-corrected chi connectivity index (χ3v) is 6.38. The van der Waals surface area contributed by atoms with Crippen molar-refractivity contribution in [2.45, 2.75) is 84.3 Å². The van der Waals surface area contributed by atoms with Gasteiger partial charge >= 0.3 is 0 Å². The third kappa shape index (κ3) is 4.60. The molecule has 8 heteroatoms. The normalized spacial score (nSPS) is 18.9. The largest absolute Gasteiger partial charge is 0.335 e. The summed E-state index contributed by atoms with van der Waals surface area (Å²) < 4.78 is 0. The molecule has 28 heavy (non-hydrogen) atoms. The van der Waals surface area contributed by atoms with Crippen LogP contribution >= 0.6 is 11.3 Å². The highest BCUT2D eigenvalue weighted by molar-refractivity contribution is 7.17. The Kier molecular flexibility index (Phi) is 5.91. The van der Waals surface area contributed by atoms with Crippen LogP contribution in [0.1, 0.15) is 75.7 Å². The van der Waals surface area contributed by atoms with Crippen molar-refractivity contribution >= 4 is 17.2 Å². The van der Waals surface area contributed by atoms with Crippen LogP contribution in [-0.2, 0) is 0 Å². The molecule has 7 nitrogen and oxygen atoms in total. The lowest BCUT2D eigenvalue weighted by Gasteiger charge is -2.49. The molecule has 2 N–H and O–H groups in total. The lowest BCUT2D eigenvalue weighted by molar-refractivity contribution is 0.0445. The molecule has 3 rings (SSSR count). The molecule has 0 spiro atoms. The Hall–Kier alpha value is -1.80. The van der Waals surface area contributed by atoms with E-state index in [-0.39, 0.29) is 23.0 Å². The minimum Gasteiger partial charge on any atom is -0.335 e. The molecule has 3 heterocycles. The number of unbranched alkanes of at least 4 members (excludes halogenated alkanes) is 1. The number of aromatic nitrogens is 4. The zero-order valence-corrected chi connectivity index (χ0v) is 18.6. The summed E-state index contributed by atoms with van der Waals surface area (Å²) in [4.78, 5) is 25.1. The fraction of sp³-hybridized carbons (Fsp3) is 0.700. The summed E-state index contributed by atoms with van der Waals surface area (Å²) in [6, 6.07) is 0.209. The lowest BCUT2D eigenvalue weighted by atomic mass is 9.79. The molecule has 154 valence electrons. The zero-order chi connectivity index (χ0) is 20.5. The summed E-state index contributed by atoms with van der Waals surface area (Å²) in [7, 11) is 0. The van der Waals surface area contributed by atoms with E-state index in [0.29, 0.717) is 15.7 Å². The van der Waals surface area contributed by atoms with Crippen LogP contribution in [0.25, 0.3) is 10.8 Å². The van der Waals surface area contributed by atoms with Gasteiger partial charge in [-0.15, -0.1) is 11.3 Å². The third-order valence-electron chi connectivity index (χ3n) is 5.23. The summed E-state index contributed by atoms with van der Waals surface area (Å²) in [5.74, 6) is 0.698. The van der Waals surface area contributed by atoms with E-state index in [0.717, 1.165) is 37.9 Å². The molecule has 1 amide bonds. The second-order valence-corrected chi connectivity index (χ2v) is 10.1. The van der Waals surface area contributed by atoms with E-state index in [9.17, 15) is 4.79 Å². The number of carbonyl (C=O) groups is 1. The summed E-state index contributed by atoms with van der Waals surface area (Å²) >= 11 is 1.40. The minimum absolute atomic E-state index is 0.00902. The first-order chi connectivity index (χ1) is 13.1. The molecule has 1 aliphatic heterocycles. The Morgan fingerprint density at radius 2 is 1.96 bits per heavy atom. The highest BCUT2D eigenvalue weighted by Crippen LogP contribution is 2.34. The van der Waals surface area contributed by atoms with Gasteiger partial charge in [-0.3, -0.25) is 9.89 Å². The number of carbonyl (C=O) groups excluding carboxylic acids is 1. The van der Waals surface area contributed by atoms with Crippen molar-refractivity contribution in [3.63, 3.8) is 0 Å². The van der Waals surface area contributed by atoms with Crippen molar-refractivity contribution in [1.82, 2.24) is 30.4 Å². The second-order valence-electron chi connectivity index (χ2n) is 9.07. The van der Waals surface area contributed by atoms with Gasteiger partial charge in [-0.05, 0) is 53.9 Å². The van der Waals surface area contributed by atoms with Gasteiger partial charge in [0.2, 0.25) is 0 Å². The van der Waals surface area contributed by atoms with Crippen molar-refractivity contribution in [2.75, 3.05) is 6.54 Å². The minimum atomic E-state index is -0.00902. The molecule has 0 aromatic carbocycles. The van der Waals surface area contributed by atoms with Gasteiger partial charge in [-0.25, -0.2) is 9.97 Å². The lowest BCUT2D eigenvalue weighted by Crippen LogP contribution is -2.62. The molecule has 1 aliphatic rings. The zero-order valence-electron chi connectivity index (χ0n) is 17.8. The Morgan fingerprint density at radius 3 is 2.54 bits per heavy atom. The van der Waals surface area contributed by atoms with E-state index >= 15 is 0 Å². The maximum absolute atomic E-state index is 13.6. The maximum atomic E-state index is 13.6. The van der Waals surface area contributed by atoms with E-state index in [1.54, 1.807) is 0 Å². The molecule has 0 radical (unpaired) electrons. The number of hydrogen-bond donors (Lipinski definition) is 2. The number of thiazole rings is 1. The number of amides is 1. The van der Waals surface area contributed by atoms with Crippen molar-refractivity contribution in [1.29, 1.82) is 0 Å². The van der Waals surface area contributed by atoms with E-state index in [1.807, 2.05) is 6.92 Å². The number of H-pyrrole nitrogens is 1. The second kappa shape index (κ2) is 7.91. The van der Waals surface area contributed by atoms with Crippen LogP contribution in [0.2, 0.25) is 0 Å². The highest BCUT2D eigenvalue weighted by atomic mass is 32.1. The van der Waals surface area contributed by atoms with Crippen LogP contribution < -0.4 is 5.32 Å².